The molecule has 1 aromatic heterocycles. The average molecular weight is 530 g/mol. The minimum Gasteiger partial charge on any atom is -0.334 e. The summed E-state index contributed by atoms with van der Waals surface area (Å²) in [7, 11) is 0. The van der Waals surface area contributed by atoms with Crippen molar-refractivity contribution in [3.8, 4) is 22.8 Å². The van der Waals surface area contributed by atoms with Crippen molar-refractivity contribution in [3.05, 3.63) is 139 Å². The number of nitrogens with zero attached hydrogens (tertiary/aromatic N) is 3. The summed E-state index contributed by atoms with van der Waals surface area (Å²) in [4.78, 5) is 7.20. The van der Waals surface area contributed by atoms with Gasteiger partial charge in [0.25, 0.3) is 5.89 Å². The van der Waals surface area contributed by atoms with Crippen molar-refractivity contribution >= 4 is 38.6 Å². The van der Waals surface area contributed by atoms with Crippen molar-refractivity contribution in [2.75, 3.05) is 4.90 Å². The Morgan fingerprint density at radius 3 is 1.90 bits per heavy atom. The monoisotopic (exact) mass is 529 g/mol. The van der Waals surface area contributed by atoms with E-state index < -0.39 is 0 Å². The molecule has 4 nitrogen and oxygen atoms in total. The van der Waals surface area contributed by atoms with E-state index in [0.717, 1.165) is 27.6 Å². The third kappa shape index (κ3) is 3.61. The second-order valence-electron chi connectivity index (χ2n) is 11.2. The topological polar surface area (TPSA) is 42.2 Å². The van der Waals surface area contributed by atoms with Gasteiger partial charge in [-0.3, -0.25) is 0 Å². The van der Waals surface area contributed by atoms with Gasteiger partial charge in [-0.05, 0) is 75.1 Å². The molecule has 0 fully saturated rings. The van der Waals surface area contributed by atoms with E-state index in [1.807, 2.05) is 0 Å². The van der Waals surface area contributed by atoms with Crippen LogP contribution in [-0.2, 0) is 5.41 Å². The SMILES string of the molecule is CC1(C)c2ccccc2N(c2ccc(-c3nc(-c4cc5ccccc5c5ccccc45)no3)cc2)c2ccccc21. The van der Waals surface area contributed by atoms with Crippen LogP contribution in [0.2, 0.25) is 0 Å². The first-order valence-corrected chi connectivity index (χ1v) is 13.9. The number of aromatic nitrogens is 2. The number of para-hydroxylation sites is 2. The highest BCUT2D eigenvalue weighted by molar-refractivity contribution is 6.13. The van der Waals surface area contributed by atoms with E-state index in [-0.39, 0.29) is 5.41 Å². The molecule has 0 unspecified atom stereocenters. The molecule has 0 aliphatic carbocycles. The van der Waals surface area contributed by atoms with E-state index in [9.17, 15) is 0 Å². The summed E-state index contributed by atoms with van der Waals surface area (Å²) in [5.74, 6) is 1.09. The van der Waals surface area contributed by atoms with Gasteiger partial charge in [-0.25, -0.2) is 0 Å². The van der Waals surface area contributed by atoms with E-state index in [2.05, 4.69) is 151 Å². The van der Waals surface area contributed by atoms with Crippen LogP contribution < -0.4 is 4.90 Å². The normalized spacial score (nSPS) is 13.8. The number of hydrogen-bond acceptors (Lipinski definition) is 4. The van der Waals surface area contributed by atoms with Gasteiger partial charge in [-0.15, -0.1) is 0 Å². The molecule has 0 spiro atoms. The van der Waals surface area contributed by atoms with Gasteiger partial charge in [-0.1, -0.05) is 104 Å². The maximum Gasteiger partial charge on any atom is 0.258 e. The number of fused-ring (bicyclic) bond motifs is 5. The summed E-state index contributed by atoms with van der Waals surface area (Å²) in [6, 6.07) is 44.7. The Balaban J connectivity index is 1.19. The summed E-state index contributed by atoms with van der Waals surface area (Å²) >= 11 is 0. The van der Waals surface area contributed by atoms with Crippen LogP contribution in [0.3, 0.4) is 0 Å². The van der Waals surface area contributed by atoms with Gasteiger partial charge >= 0.3 is 0 Å². The lowest BCUT2D eigenvalue weighted by Gasteiger charge is -2.42. The third-order valence-electron chi connectivity index (χ3n) is 8.44. The fourth-order valence-corrected chi connectivity index (χ4v) is 6.39. The molecule has 0 amide bonds. The zero-order valence-corrected chi connectivity index (χ0v) is 22.9. The lowest BCUT2D eigenvalue weighted by atomic mass is 9.73. The predicted octanol–water partition coefficient (Wildman–Crippen LogP) is 9.82. The van der Waals surface area contributed by atoms with Crippen molar-refractivity contribution in [2.24, 2.45) is 0 Å². The minimum absolute atomic E-state index is 0.0866. The zero-order chi connectivity index (χ0) is 27.6. The lowest BCUT2D eigenvalue weighted by molar-refractivity contribution is 0.432. The molecular weight excluding hydrogens is 502 g/mol. The number of anilines is 3. The molecule has 0 saturated carbocycles. The van der Waals surface area contributed by atoms with Crippen molar-refractivity contribution in [3.63, 3.8) is 0 Å². The Hall–Kier alpha value is -5.22. The second kappa shape index (κ2) is 8.90. The summed E-state index contributed by atoms with van der Waals surface area (Å²) in [6.45, 7) is 4.61. The molecule has 6 aromatic carbocycles. The van der Waals surface area contributed by atoms with Gasteiger partial charge in [0.05, 0.1) is 11.4 Å². The molecule has 7 aromatic rings. The van der Waals surface area contributed by atoms with Crippen molar-refractivity contribution in [1.29, 1.82) is 0 Å². The van der Waals surface area contributed by atoms with Crippen LogP contribution in [0.25, 0.3) is 44.4 Å². The van der Waals surface area contributed by atoms with Crippen LogP contribution in [0.15, 0.2) is 132 Å². The van der Waals surface area contributed by atoms with Crippen LogP contribution >= 0.6 is 0 Å². The first-order valence-electron chi connectivity index (χ1n) is 13.9. The number of rotatable bonds is 3. The Kier molecular flexibility index (Phi) is 5.13. The van der Waals surface area contributed by atoms with Gasteiger partial charge in [0.15, 0.2) is 0 Å². The van der Waals surface area contributed by atoms with Crippen molar-refractivity contribution in [1.82, 2.24) is 10.1 Å². The predicted molar refractivity (Wildman–Crippen MR) is 167 cm³/mol. The average Bonchev–Trinajstić information content (AvgIpc) is 3.52. The van der Waals surface area contributed by atoms with E-state index in [1.165, 1.54) is 33.3 Å². The van der Waals surface area contributed by atoms with Crippen molar-refractivity contribution < 1.29 is 4.52 Å². The fraction of sp³-hybridized carbons (Fsp3) is 0.0811. The smallest absolute Gasteiger partial charge is 0.258 e. The van der Waals surface area contributed by atoms with Crippen LogP contribution in [0.4, 0.5) is 17.1 Å². The Labute approximate surface area is 238 Å². The molecule has 0 N–H and O–H groups in total. The van der Waals surface area contributed by atoms with Gasteiger partial charge in [-0.2, -0.15) is 4.98 Å². The van der Waals surface area contributed by atoms with Crippen LogP contribution in [-0.4, -0.2) is 10.1 Å². The van der Waals surface area contributed by atoms with E-state index >= 15 is 0 Å². The zero-order valence-electron chi connectivity index (χ0n) is 22.9. The summed E-state index contributed by atoms with van der Waals surface area (Å²) < 4.78 is 5.82. The van der Waals surface area contributed by atoms with E-state index in [4.69, 9.17) is 9.51 Å². The van der Waals surface area contributed by atoms with Crippen LogP contribution in [0.5, 0.6) is 0 Å². The highest BCUT2D eigenvalue weighted by atomic mass is 16.5. The van der Waals surface area contributed by atoms with Gasteiger partial charge < -0.3 is 9.42 Å². The molecule has 0 radical (unpaired) electrons. The van der Waals surface area contributed by atoms with E-state index in [1.54, 1.807) is 0 Å². The Bertz CT molecular complexity index is 2040. The fourth-order valence-electron chi connectivity index (χ4n) is 6.39. The van der Waals surface area contributed by atoms with Gasteiger partial charge in [0.1, 0.15) is 0 Å². The highest BCUT2D eigenvalue weighted by Crippen LogP contribution is 2.51. The Morgan fingerprint density at radius 1 is 0.610 bits per heavy atom. The van der Waals surface area contributed by atoms with Gasteiger partial charge in [0.2, 0.25) is 5.82 Å². The molecule has 0 atom stereocenters. The molecule has 8 rings (SSSR count). The Morgan fingerprint density at radius 2 is 1.20 bits per heavy atom. The molecular formula is C37H27N3O. The number of hydrogen-bond donors (Lipinski definition) is 0. The number of benzene rings is 6. The molecule has 196 valence electrons. The maximum atomic E-state index is 5.82. The molecule has 0 bridgehead atoms. The van der Waals surface area contributed by atoms with Gasteiger partial charge in [0, 0.05) is 22.2 Å². The van der Waals surface area contributed by atoms with Crippen LogP contribution in [0.1, 0.15) is 25.0 Å². The summed E-state index contributed by atoms with van der Waals surface area (Å²) in [5, 5.41) is 9.08. The molecule has 0 saturated heterocycles. The first-order chi connectivity index (χ1) is 20.1. The standard InChI is InChI=1S/C37H27N3O/c1-37(2)31-15-7-9-17-33(31)40(34-18-10-8-16-32(34)37)26-21-19-24(20-22-26)36-38-35(39-41-36)30-23-25-11-3-4-12-27(25)28-13-5-6-14-29(28)30/h3-23H,1-2H3. The first kappa shape index (κ1) is 23.6. The molecule has 4 heteroatoms. The van der Waals surface area contributed by atoms with E-state index in [0.29, 0.717) is 11.7 Å². The maximum absolute atomic E-state index is 5.82. The summed E-state index contributed by atoms with van der Waals surface area (Å²) in [5.41, 5.74) is 7.88. The largest absolute Gasteiger partial charge is 0.334 e. The molecule has 1 aliphatic rings. The lowest BCUT2D eigenvalue weighted by Crippen LogP contribution is -2.30. The van der Waals surface area contributed by atoms with Crippen molar-refractivity contribution in [2.45, 2.75) is 19.3 Å². The second-order valence-corrected chi connectivity index (χ2v) is 11.2. The third-order valence-corrected chi connectivity index (χ3v) is 8.44. The van der Waals surface area contributed by atoms with Crippen LogP contribution in [0, 0.1) is 0 Å². The molecule has 41 heavy (non-hydrogen) atoms. The molecule has 1 aliphatic heterocycles. The summed E-state index contributed by atoms with van der Waals surface area (Å²) in [6.07, 6.45) is 0. The quantitative estimate of drug-likeness (QED) is 0.214. The highest BCUT2D eigenvalue weighted by Gasteiger charge is 2.36. The minimum atomic E-state index is -0.0866. The molecule has 2 heterocycles.